The zero-order valence-electron chi connectivity index (χ0n) is 16.9. The van der Waals surface area contributed by atoms with Crippen molar-refractivity contribution in [1.82, 2.24) is 14.3 Å². The van der Waals surface area contributed by atoms with E-state index in [1.165, 1.54) is 18.2 Å². The Bertz CT molecular complexity index is 1050. The van der Waals surface area contributed by atoms with Crippen molar-refractivity contribution < 1.29 is 14.3 Å². The Balaban J connectivity index is 1.88. The first-order valence-corrected chi connectivity index (χ1v) is 9.90. The Labute approximate surface area is 169 Å². The SMILES string of the molecule is COC(=O)c1cn(C2CCCCC2C)cc2c(=O)n(-c3ccc(OC)cc3)nc1-2. The van der Waals surface area contributed by atoms with Crippen molar-refractivity contribution in [2.75, 3.05) is 14.2 Å². The summed E-state index contributed by atoms with van der Waals surface area (Å²) in [6.45, 7) is 2.22. The van der Waals surface area contributed by atoms with Gasteiger partial charge >= 0.3 is 5.97 Å². The molecule has 2 atom stereocenters. The molecule has 7 heteroatoms. The molecular weight excluding hydrogens is 370 g/mol. The van der Waals surface area contributed by atoms with Crippen LogP contribution >= 0.6 is 0 Å². The molecule has 1 saturated carbocycles. The molecule has 1 fully saturated rings. The minimum absolute atomic E-state index is 0.250. The van der Waals surface area contributed by atoms with E-state index in [1.807, 2.05) is 10.8 Å². The summed E-state index contributed by atoms with van der Waals surface area (Å²) < 4.78 is 13.5. The van der Waals surface area contributed by atoms with Gasteiger partial charge in [0.05, 0.1) is 25.5 Å². The maximum Gasteiger partial charge on any atom is 0.341 e. The first-order chi connectivity index (χ1) is 14.0. The van der Waals surface area contributed by atoms with E-state index in [-0.39, 0.29) is 11.6 Å². The van der Waals surface area contributed by atoms with Gasteiger partial charge in [-0.2, -0.15) is 9.78 Å². The first kappa shape index (κ1) is 19.2. The van der Waals surface area contributed by atoms with Crippen LogP contribution in [0.4, 0.5) is 0 Å². The van der Waals surface area contributed by atoms with Crippen LogP contribution in [0.1, 0.15) is 49.0 Å². The molecule has 1 aromatic carbocycles. The predicted octanol–water partition coefficient (Wildman–Crippen LogP) is 3.69. The van der Waals surface area contributed by atoms with Gasteiger partial charge < -0.3 is 14.0 Å². The van der Waals surface area contributed by atoms with E-state index >= 15 is 0 Å². The lowest BCUT2D eigenvalue weighted by Gasteiger charge is -2.31. The molecule has 1 aliphatic carbocycles. The largest absolute Gasteiger partial charge is 0.497 e. The van der Waals surface area contributed by atoms with Gasteiger partial charge in [-0.05, 0) is 43.0 Å². The Morgan fingerprint density at radius 2 is 1.83 bits per heavy atom. The van der Waals surface area contributed by atoms with Crippen LogP contribution in [0.2, 0.25) is 0 Å². The fraction of sp³-hybridized carbons (Fsp3) is 0.409. The molecule has 0 spiro atoms. The van der Waals surface area contributed by atoms with Crippen LogP contribution in [0.15, 0.2) is 41.5 Å². The van der Waals surface area contributed by atoms with Gasteiger partial charge in [-0.25, -0.2) is 4.79 Å². The maximum absolute atomic E-state index is 13.2. The van der Waals surface area contributed by atoms with Gasteiger partial charge in [-0.3, -0.25) is 4.79 Å². The first-order valence-electron chi connectivity index (χ1n) is 9.90. The van der Waals surface area contributed by atoms with Gasteiger partial charge in [0.15, 0.2) is 0 Å². The number of rotatable bonds is 4. The molecule has 7 nitrogen and oxygen atoms in total. The van der Waals surface area contributed by atoms with Crippen LogP contribution in [0.25, 0.3) is 16.9 Å². The summed E-state index contributed by atoms with van der Waals surface area (Å²) in [6, 6.07) is 7.32. The summed E-state index contributed by atoms with van der Waals surface area (Å²) in [5.74, 6) is 0.674. The molecule has 2 heterocycles. The summed E-state index contributed by atoms with van der Waals surface area (Å²) in [5.41, 5.74) is 1.44. The molecule has 0 bridgehead atoms. The predicted molar refractivity (Wildman–Crippen MR) is 109 cm³/mol. The molecule has 0 saturated heterocycles. The minimum atomic E-state index is -0.493. The zero-order valence-corrected chi connectivity index (χ0v) is 16.9. The molecule has 152 valence electrons. The van der Waals surface area contributed by atoms with Crippen molar-refractivity contribution in [2.24, 2.45) is 5.92 Å². The minimum Gasteiger partial charge on any atom is -0.497 e. The highest BCUT2D eigenvalue weighted by Crippen LogP contribution is 2.35. The summed E-state index contributed by atoms with van der Waals surface area (Å²) in [4.78, 5) is 25.6. The molecule has 0 radical (unpaired) electrons. The number of nitrogens with zero attached hydrogens (tertiary/aromatic N) is 3. The number of esters is 1. The number of ether oxygens (including phenoxy) is 2. The molecule has 1 aromatic rings. The summed E-state index contributed by atoms with van der Waals surface area (Å²) in [6.07, 6.45) is 8.14. The molecular formula is C22H25N3O4. The molecule has 2 unspecified atom stereocenters. The fourth-order valence-corrected chi connectivity index (χ4v) is 4.22. The number of hydrogen-bond acceptors (Lipinski definition) is 5. The number of hydrogen-bond donors (Lipinski definition) is 0. The Hall–Kier alpha value is -3.09. The molecule has 0 aromatic heterocycles. The van der Waals surface area contributed by atoms with E-state index in [0.29, 0.717) is 34.2 Å². The molecule has 3 aliphatic rings. The lowest BCUT2D eigenvalue weighted by atomic mass is 9.85. The van der Waals surface area contributed by atoms with E-state index in [4.69, 9.17) is 9.47 Å². The molecule has 29 heavy (non-hydrogen) atoms. The van der Waals surface area contributed by atoms with Gasteiger partial charge in [0.25, 0.3) is 5.56 Å². The van der Waals surface area contributed by atoms with Crippen LogP contribution in [-0.2, 0) is 4.74 Å². The Kier molecular flexibility index (Phi) is 5.13. The van der Waals surface area contributed by atoms with Crippen LogP contribution in [-0.4, -0.2) is 34.5 Å². The number of benzene rings is 1. The lowest BCUT2D eigenvalue weighted by Crippen LogP contribution is -2.23. The van der Waals surface area contributed by atoms with Crippen molar-refractivity contribution >= 4 is 5.97 Å². The Morgan fingerprint density at radius 1 is 1.10 bits per heavy atom. The molecule has 2 aliphatic heterocycles. The highest BCUT2D eigenvalue weighted by Gasteiger charge is 2.29. The zero-order chi connectivity index (χ0) is 20.5. The third kappa shape index (κ3) is 3.41. The van der Waals surface area contributed by atoms with Gasteiger partial charge in [-0.1, -0.05) is 19.8 Å². The van der Waals surface area contributed by atoms with Crippen molar-refractivity contribution in [1.29, 1.82) is 0 Å². The number of methoxy groups -OCH3 is 2. The van der Waals surface area contributed by atoms with E-state index < -0.39 is 5.97 Å². The maximum atomic E-state index is 13.2. The fourth-order valence-electron chi connectivity index (χ4n) is 4.22. The number of pyridine rings is 1. The van der Waals surface area contributed by atoms with Crippen molar-refractivity contribution in [3.63, 3.8) is 0 Å². The quantitative estimate of drug-likeness (QED) is 0.630. The van der Waals surface area contributed by atoms with Crippen LogP contribution in [0.3, 0.4) is 0 Å². The average molecular weight is 395 g/mol. The molecule has 4 rings (SSSR count). The van der Waals surface area contributed by atoms with Gasteiger partial charge in [0, 0.05) is 18.4 Å². The summed E-state index contributed by atoms with van der Waals surface area (Å²) in [7, 11) is 2.93. The number of carbonyl (C=O) groups excluding carboxylic acids is 1. The van der Waals surface area contributed by atoms with E-state index in [1.54, 1.807) is 37.6 Å². The third-order valence-electron chi connectivity index (χ3n) is 5.86. The topological polar surface area (TPSA) is 75.3 Å². The van der Waals surface area contributed by atoms with Crippen LogP contribution in [0, 0.1) is 5.92 Å². The normalized spacial score (nSPS) is 19.3. The lowest BCUT2D eigenvalue weighted by molar-refractivity contribution is 0.0599. The average Bonchev–Trinajstić information content (AvgIpc) is 3.09. The van der Waals surface area contributed by atoms with Crippen molar-refractivity contribution in [3.05, 3.63) is 52.6 Å². The third-order valence-corrected chi connectivity index (χ3v) is 5.86. The van der Waals surface area contributed by atoms with Crippen LogP contribution in [0.5, 0.6) is 5.75 Å². The summed E-state index contributed by atoms with van der Waals surface area (Å²) in [5, 5.41) is 4.46. The van der Waals surface area contributed by atoms with Gasteiger partial charge in [0.2, 0.25) is 0 Å². The number of fused-ring (bicyclic) bond motifs is 1. The standard InChI is InChI=1S/C22H25N3O4/c1-14-6-4-5-7-19(14)24-12-17-20(18(13-24)22(27)29-3)23-25(21(17)26)15-8-10-16(28-2)11-9-15/h8-14,19H,4-7H2,1-3H3. The second-order valence-electron chi connectivity index (χ2n) is 7.62. The number of aromatic nitrogens is 3. The second-order valence-corrected chi connectivity index (χ2v) is 7.62. The van der Waals surface area contributed by atoms with E-state index in [2.05, 4.69) is 12.0 Å². The highest BCUT2D eigenvalue weighted by atomic mass is 16.5. The summed E-state index contributed by atoms with van der Waals surface area (Å²) >= 11 is 0. The smallest absolute Gasteiger partial charge is 0.341 e. The van der Waals surface area contributed by atoms with Gasteiger partial charge in [0.1, 0.15) is 17.0 Å². The molecule has 0 N–H and O–H groups in total. The van der Waals surface area contributed by atoms with Crippen LogP contribution < -0.4 is 10.3 Å². The highest BCUT2D eigenvalue weighted by molar-refractivity contribution is 5.96. The Morgan fingerprint density at radius 3 is 2.48 bits per heavy atom. The van der Waals surface area contributed by atoms with Gasteiger partial charge in [-0.15, -0.1) is 0 Å². The monoisotopic (exact) mass is 395 g/mol. The molecule has 0 amide bonds. The number of carbonyl (C=O) groups is 1. The van der Waals surface area contributed by atoms with Crippen molar-refractivity contribution in [3.8, 4) is 22.7 Å². The van der Waals surface area contributed by atoms with E-state index in [0.717, 1.165) is 19.3 Å². The van der Waals surface area contributed by atoms with E-state index in [9.17, 15) is 9.59 Å². The van der Waals surface area contributed by atoms with Crippen molar-refractivity contribution in [2.45, 2.75) is 38.6 Å². The second kappa shape index (κ2) is 7.73.